The van der Waals surface area contributed by atoms with E-state index in [0.29, 0.717) is 17.7 Å². The standard InChI is InChI=1S/C23H17Cl2FN2O6S/c1-34-21-9-12(22(29)27-13-2-4-15(23(30)31)19(26)10-13)8-20-16(21)6-7-28(20)35(32,33)14-3-5-17(24)18(25)11-14/h2-5,8-11H,6-7H2,1H3,(H,27,29)(H,30,31). The van der Waals surface area contributed by atoms with Crippen molar-refractivity contribution in [3.63, 3.8) is 0 Å². The molecule has 0 radical (unpaired) electrons. The van der Waals surface area contributed by atoms with Crippen molar-refractivity contribution in [2.45, 2.75) is 11.3 Å². The highest BCUT2D eigenvalue weighted by Gasteiger charge is 2.34. The molecule has 4 rings (SSSR count). The van der Waals surface area contributed by atoms with Crippen LogP contribution in [0.1, 0.15) is 26.3 Å². The van der Waals surface area contributed by atoms with Crippen LogP contribution in [-0.2, 0) is 16.4 Å². The number of carbonyl (C=O) groups excluding carboxylic acids is 1. The maximum atomic E-state index is 14.0. The number of nitrogens with one attached hydrogen (secondary N) is 1. The number of sulfonamides is 1. The fourth-order valence-corrected chi connectivity index (χ4v) is 5.61. The van der Waals surface area contributed by atoms with Crippen LogP contribution >= 0.6 is 23.2 Å². The van der Waals surface area contributed by atoms with Crippen molar-refractivity contribution < 1.29 is 32.2 Å². The summed E-state index contributed by atoms with van der Waals surface area (Å²) in [6, 6.07) is 9.98. The largest absolute Gasteiger partial charge is 0.496 e. The molecular weight excluding hydrogens is 522 g/mol. The first kappa shape index (κ1) is 24.8. The molecule has 1 heterocycles. The normalized spacial score (nSPS) is 12.9. The van der Waals surface area contributed by atoms with E-state index in [9.17, 15) is 22.4 Å². The van der Waals surface area contributed by atoms with E-state index >= 15 is 0 Å². The molecule has 0 unspecified atom stereocenters. The molecule has 0 saturated carbocycles. The zero-order valence-electron chi connectivity index (χ0n) is 18.0. The van der Waals surface area contributed by atoms with Crippen LogP contribution in [0, 0.1) is 5.82 Å². The molecule has 3 aromatic rings. The van der Waals surface area contributed by atoms with Gasteiger partial charge in [-0.1, -0.05) is 23.2 Å². The second-order valence-corrected chi connectivity index (χ2v) is 10.2. The molecule has 35 heavy (non-hydrogen) atoms. The van der Waals surface area contributed by atoms with Crippen molar-refractivity contribution in [3.05, 3.63) is 81.1 Å². The monoisotopic (exact) mass is 538 g/mol. The van der Waals surface area contributed by atoms with Gasteiger partial charge >= 0.3 is 5.97 Å². The van der Waals surface area contributed by atoms with E-state index in [2.05, 4.69) is 5.32 Å². The van der Waals surface area contributed by atoms with Crippen LogP contribution in [0.4, 0.5) is 15.8 Å². The summed E-state index contributed by atoms with van der Waals surface area (Å²) >= 11 is 11.9. The van der Waals surface area contributed by atoms with E-state index in [1.165, 1.54) is 43.5 Å². The first-order valence-electron chi connectivity index (χ1n) is 10.1. The van der Waals surface area contributed by atoms with Gasteiger partial charge in [-0.2, -0.15) is 0 Å². The zero-order chi connectivity index (χ0) is 25.5. The lowest BCUT2D eigenvalue weighted by atomic mass is 10.1. The van der Waals surface area contributed by atoms with E-state index in [0.717, 1.165) is 16.4 Å². The summed E-state index contributed by atoms with van der Waals surface area (Å²) in [7, 11) is -2.64. The number of methoxy groups -OCH3 is 1. The van der Waals surface area contributed by atoms with Crippen molar-refractivity contribution in [3.8, 4) is 5.75 Å². The predicted molar refractivity (Wildman–Crippen MR) is 129 cm³/mol. The van der Waals surface area contributed by atoms with Gasteiger partial charge in [0, 0.05) is 23.4 Å². The number of aromatic carboxylic acids is 1. The van der Waals surface area contributed by atoms with Gasteiger partial charge in [0.2, 0.25) is 0 Å². The number of carboxylic acid groups (broad SMARTS) is 1. The van der Waals surface area contributed by atoms with E-state index < -0.39 is 33.3 Å². The summed E-state index contributed by atoms with van der Waals surface area (Å²) in [5, 5.41) is 11.7. The van der Waals surface area contributed by atoms with Crippen LogP contribution in [0.3, 0.4) is 0 Å². The summed E-state index contributed by atoms with van der Waals surface area (Å²) in [4.78, 5) is 23.8. The summed E-state index contributed by atoms with van der Waals surface area (Å²) in [6.07, 6.45) is 0.350. The van der Waals surface area contributed by atoms with Gasteiger partial charge in [0.15, 0.2) is 0 Å². The van der Waals surface area contributed by atoms with Crippen molar-refractivity contribution >= 4 is 56.5 Å². The molecule has 0 spiro atoms. The van der Waals surface area contributed by atoms with Crippen molar-refractivity contribution in [1.82, 2.24) is 0 Å². The summed E-state index contributed by atoms with van der Waals surface area (Å²) < 4.78 is 47.3. The Morgan fingerprint density at radius 1 is 1.09 bits per heavy atom. The number of nitrogens with zero attached hydrogens (tertiary/aromatic N) is 1. The number of hydrogen-bond acceptors (Lipinski definition) is 5. The third kappa shape index (κ3) is 4.64. The Bertz CT molecular complexity index is 1480. The van der Waals surface area contributed by atoms with E-state index in [-0.39, 0.29) is 38.4 Å². The van der Waals surface area contributed by atoms with E-state index in [1.54, 1.807) is 0 Å². The highest BCUT2D eigenvalue weighted by Crippen LogP contribution is 2.40. The summed E-state index contributed by atoms with van der Waals surface area (Å²) in [5.41, 5.74) is 0.402. The van der Waals surface area contributed by atoms with Crippen LogP contribution in [0.25, 0.3) is 0 Å². The molecular formula is C23H17Cl2FN2O6S. The molecule has 0 fully saturated rings. The topological polar surface area (TPSA) is 113 Å². The molecule has 3 aromatic carbocycles. The van der Waals surface area contributed by atoms with Crippen LogP contribution in [0.15, 0.2) is 53.4 Å². The number of rotatable bonds is 6. The molecule has 1 aliphatic heterocycles. The van der Waals surface area contributed by atoms with E-state index in [4.69, 9.17) is 33.0 Å². The molecule has 2 N–H and O–H groups in total. The zero-order valence-corrected chi connectivity index (χ0v) is 20.3. The number of hydrogen-bond donors (Lipinski definition) is 2. The second-order valence-electron chi connectivity index (χ2n) is 7.53. The predicted octanol–water partition coefficient (Wildman–Crippen LogP) is 4.84. The lowest BCUT2D eigenvalue weighted by Crippen LogP contribution is -2.29. The molecule has 0 saturated heterocycles. The lowest BCUT2D eigenvalue weighted by molar-refractivity contribution is 0.0691. The molecule has 1 amide bonds. The van der Waals surface area contributed by atoms with E-state index in [1.807, 2.05) is 0 Å². The lowest BCUT2D eigenvalue weighted by Gasteiger charge is -2.21. The van der Waals surface area contributed by atoms with Gasteiger partial charge in [-0.25, -0.2) is 17.6 Å². The van der Waals surface area contributed by atoms with Gasteiger partial charge in [0.1, 0.15) is 11.6 Å². The first-order chi connectivity index (χ1) is 16.5. The molecule has 182 valence electrons. The van der Waals surface area contributed by atoms with Gasteiger partial charge in [0.05, 0.1) is 33.3 Å². The maximum Gasteiger partial charge on any atom is 0.338 e. The van der Waals surface area contributed by atoms with Gasteiger partial charge < -0.3 is 15.2 Å². The number of benzene rings is 3. The van der Waals surface area contributed by atoms with Crippen molar-refractivity contribution in [1.29, 1.82) is 0 Å². The summed E-state index contributed by atoms with van der Waals surface area (Å²) in [6.45, 7) is 0.112. The van der Waals surface area contributed by atoms with Crippen LogP contribution in [-0.4, -0.2) is 39.1 Å². The third-order valence-corrected chi connectivity index (χ3v) is 7.99. The quantitative estimate of drug-likeness (QED) is 0.464. The third-order valence-electron chi connectivity index (χ3n) is 5.44. The Hall–Kier alpha value is -3.34. The Morgan fingerprint density at radius 2 is 1.83 bits per heavy atom. The van der Waals surface area contributed by atoms with Crippen LogP contribution < -0.4 is 14.4 Å². The molecule has 0 aromatic heterocycles. The van der Waals surface area contributed by atoms with Gasteiger partial charge in [-0.05, 0) is 55.0 Å². The SMILES string of the molecule is COc1cc(C(=O)Nc2ccc(C(=O)O)c(F)c2)cc2c1CCN2S(=O)(=O)c1ccc(Cl)c(Cl)c1. The number of carboxylic acids is 1. The van der Waals surface area contributed by atoms with Crippen LogP contribution in [0.5, 0.6) is 5.75 Å². The average molecular weight is 539 g/mol. The fraction of sp³-hybridized carbons (Fsp3) is 0.130. The second kappa shape index (κ2) is 9.37. The average Bonchev–Trinajstić information content (AvgIpc) is 3.25. The Morgan fingerprint density at radius 3 is 2.46 bits per heavy atom. The molecule has 12 heteroatoms. The van der Waals surface area contributed by atoms with Gasteiger partial charge in [-0.15, -0.1) is 0 Å². The Balaban J connectivity index is 1.70. The number of halogens is 3. The number of carbonyl (C=O) groups is 2. The minimum absolute atomic E-state index is 0.0252. The molecule has 0 bridgehead atoms. The number of fused-ring (bicyclic) bond motifs is 1. The number of amides is 1. The minimum Gasteiger partial charge on any atom is -0.496 e. The van der Waals surface area contributed by atoms with Crippen molar-refractivity contribution in [2.75, 3.05) is 23.3 Å². The van der Waals surface area contributed by atoms with Crippen molar-refractivity contribution in [2.24, 2.45) is 0 Å². The number of anilines is 2. The Labute approximate surface area is 209 Å². The molecule has 0 aliphatic carbocycles. The van der Waals surface area contributed by atoms with Gasteiger partial charge in [-0.3, -0.25) is 9.10 Å². The fourth-order valence-electron chi connectivity index (χ4n) is 3.74. The first-order valence-corrected chi connectivity index (χ1v) is 12.3. The smallest absolute Gasteiger partial charge is 0.338 e. The minimum atomic E-state index is -4.04. The molecule has 1 aliphatic rings. The maximum absolute atomic E-state index is 14.0. The van der Waals surface area contributed by atoms with Gasteiger partial charge in [0.25, 0.3) is 15.9 Å². The Kier molecular flexibility index (Phi) is 6.63. The number of ether oxygens (including phenoxy) is 1. The molecule has 0 atom stereocenters. The highest BCUT2D eigenvalue weighted by molar-refractivity contribution is 7.92. The van der Waals surface area contributed by atoms with Crippen LogP contribution in [0.2, 0.25) is 10.0 Å². The highest BCUT2D eigenvalue weighted by atomic mass is 35.5. The summed E-state index contributed by atoms with van der Waals surface area (Å²) in [5.74, 6) is -2.81. The molecule has 8 nitrogen and oxygen atoms in total.